The van der Waals surface area contributed by atoms with E-state index in [0.29, 0.717) is 0 Å². The molecular formula is C35H26N2SSi. The molecule has 0 saturated carbocycles. The first-order chi connectivity index (χ1) is 19.1. The van der Waals surface area contributed by atoms with Gasteiger partial charge in [-0.1, -0.05) is 116 Å². The molecule has 0 fully saturated rings. The summed E-state index contributed by atoms with van der Waals surface area (Å²) in [5.41, 5.74) is 11.4. The molecular weight excluding hydrogens is 509 g/mol. The van der Waals surface area contributed by atoms with Gasteiger partial charge in [-0.05, 0) is 55.9 Å². The molecule has 1 aliphatic carbocycles. The zero-order valence-electron chi connectivity index (χ0n) is 21.8. The van der Waals surface area contributed by atoms with Crippen molar-refractivity contribution in [1.82, 2.24) is 9.55 Å². The van der Waals surface area contributed by atoms with Crippen LogP contribution in [-0.4, -0.2) is 17.6 Å². The zero-order valence-corrected chi connectivity index (χ0v) is 23.7. The van der Waals surface area contributed by atoms with Gasteiger partial charge in [0, 0.05) is 34.6 Å². The Bertz CT molecular complexity index is 1850. The minimum atomic E-state index is -1.88. The summed E-state index contributed by atoms with van der Waals surface area (Å²) in [7, 11) is -1.88. The van der Waals surface area contributed by atoms with E-state index in [0.717, 1.165) is 5.03 Å². The van der Waals surface area contributed by atoms with Crippen LogP contribution in [0.1, 0.15) is 0 Å². The summed E-state index contributed by atoms with van der Waals surface area (Å²) in [4.78, 5) is 6.15. The topological polar surface area (TPSA) is 17.8 Å². The van der Waals surface area contributed by atoms with Crippen molar-refractivity contribution in [1.29, 1.82) is 0 Å². The fourth-order valence-corrected chi connectivity index (χ4v) is 11.8. The molecule has 0 unspecified atom stereocenters. The van der Waals surface area contributed by atoms with E-state index in [4.69, 9.17) is 4.98 Å². The summed E-state index contributed by atoms with van der Waals surface area (Å²) < 4.78 is 2.36. The lowest BCUT2D eigenvalue weighted by molar-refractivity contribution is 1.04. The average molecular weight is 535 g/mol. The summed E-state index contributed by atoms with van der Waals surface area (Å²) in [6.45, 7) is 4.91. The lowest BCUT2D eigenvalue weighted by Gasteiger charge is -2.33. The van der Waals surface area contributed by atoms with Gasteiger partial charge in [0.2, 0.25) is 0 Å². The Hall–Kier alpha value is -4.12. The first kappa shape index (κ1) is 22.8. The number of aromatic nitrogens is 2. The van der Waals surface area contributed by atoms with E-state index >= 15 is 0 Å². The normalized spacial score (nSPS) is 14.0. The van der Waals surface area contributed by atoms with E-state index in [1.165, 1.54) is 65.5 Å². The van der Waals surface area contributed by atoms with Crippen molar-refractivity contribution in [3.63, 3.8) is 0 Å². The third kappa shape index (κ3) is 3.32. The molecule has 39 heavy (non-hydrogen) atoms. The summed E-state index contributed by atoms with van der Waals surface area (Å²) in [5.74, 6) is 0. The van der Waals surface area contributed by atoms with Crippen LogP contribution in [-0.2, 0) is 0 Å². The monoisotopic (exact) mass is 534 g/mol. The second-order valence-corrected chi connectivity index (χ2v) is 16.2. The van der Waals surface area contributed by atoms with E-state index in [2.05, 4.69) is 133 Å². The second kappa shape index (κ2) is 8.44. The van der Waals surface area contributed by atoms with Crippen LogP contribution in [0.2, 0.25) is 13.1 Å². The molecule has 2 aromatic heterocycles. The predicted octanol–water partition coefficient (Wildman–Crippen LogP) is 8.14. The van der Waals surface area contributed by atoms with Crippen LogP contribution >= 0.6 is 11.8 Å². The fraction of sp³-hybridized carbons (Fsp3) is 0.0571. The van der Waals surface area contributed by atoms with Crippen molar-refractivity contribution in [2.75, 3.05) is 0 Å². The van der Waals surface area contributed by atoms with Crippen molar-refractivity contribution in [3.8, 4) is 50.2 Å². The minimum Gasteiger partial charge on any atom is -0.321 e. The SMILES string of the molecule is C[Si]1(C)c2cccnc2Sc2c(-n3cc4c(c3)-c3ccccc3-c3ccccc3-c3ccccc3-4)cccc21. The second-order valence-electron chi connectivity index (χ2n) is 10.9. The molecule has 0 amide bonds. The van der Waals surface area contributed by atoms with Gasteiger partial charge in [0.15, 0.2) is 0 Å². The van der Waals surface area contributed by atoms with Gasteiger partial charge in [-0.3, -0.25) is 0 Å². The maximum absolute atomic E-state index is 4.81. The van der Waals surface area contributed by atoms with E-state index in [1.54, 1.807) is 0 Å². The minimum absolute atomic E-state index is 1.16. The van der Waals surface area contributed by atoms with Crippen LogP contribution in [0.3, 0.4) is 0 Å². The predicted molar refractivity (Wildman–Crippen MR) is 166 cm³/mol. The Morgan fingerprint density at radius 2 is 1.03 bits per heavy atom. The molecule has 0 bridgehead atoms. The van der Waals surface area contributed by atoms with Crippen molar-refractivity contribution < 1.29 is 0 Å². The summed E-state index contributed by atoms with van der Waals surface area (Å²) in [5, 5.41) is 4.07. The van der Waals surface area contributed by atoms with Crippen LogP contribution in [0.4, 0.5) is 0 Å². The molecule has 3 heterocycles. The standard InChI is InChI=1S/C35H26N2SSi/c1-39(2)32-18-9-17-31(34(32)38-35-33(39)19-10-20-36-35)37-21-29-27-15-7-5-13-25(27)23-11-3-4-12-24(23)26-14-6-8-16-28(26)30(29)22-37/h3-22H,1-2H3. The molecule has 8 rings (SSSR count). The van der Waals surface area contributed by atoms with Gasteiger partial charge in [0.1, 0.15) is 13.1 Å². The van der Waals surface area contributed by atoms with Crippen LogP contribution in [0.15, 0.2) is 132 Å². The van der Waals surface area contributed by atoms with Gasteiger partial charge in [-0.2, -0.15) is 0 Å². The number of nitrogens with zero attached hydrogens (tertiary/aromatic N) is 2. The number of benzene rings is 4. The highest BCUT2D eigenvalue weighted by molar-refractivity contribution is 8.00. The third-order valence-corrected chi connectivity index (χ3v) is 13.4. The van der Waals surface area contributed by atoms with Crippen molar-refractivity contribution >= 4 is 30.2 Å². The Balaban J connectivity index is 1.41. The highest BCUT2D eigenvalue weighted by Crippen LogP contribution is 2.48. The van der Waals surface area contributed by atoms with E-state index < -0.39 is 8.07 Å². The Labute approximate surface area is 234 Å². The molecule has 4 aromatic carbocycles. The molecule has 0 saturated heterocycles. The molecule has 0 radical (unpaired) electrons. The largest absolute Gasteiger partial charge is 0.321 e. The summed E-state index contributed by atoms with van der Waals surface area (Å²) in [6.07, 6.45) is 6.62. The average Bonchev–Trinajstić information content (AvgIpc) is 3.41. The van der Waals surface area contributed by atoms with Gasteiger partial charge >= 0.3 is 0 Å². The number of pyridine rings is 1. The molecule has 186 valence electrons. The fourth-order valence-electron chi connectivity index (χ4n) is 6.40. The molecule has 2 nitrogen and oxygen atoms in total. The van der Waals surface area contributed by atoms with Gasteiger partial charge in [0.25, 0.3) is 0 Å². The van der Waals surface area contributed by atoms with Crippen molar-refractivity contribution in [3.05, 3.63) is 122 Å². The highest BCUT2D eigenvalue weighted by atomic mass is 32.2. The van der Waals surface area contributed by atoms with Crippen molar-refractivity contribution in [2.45, 2.75) is 23.0 Å². The first-order valence-electron chi connectivity index (χ1n) is 13.4. The third-order valence-electron chi connectivity index (χ3n) is 8.36. The maximum Gasteiger partial charge on any atom is 0.117 e. The first-order valence-corrected chi connectivity index (χ1v) is 17.2. The smallest absolute Gasteiger partial charge is 0.117 e. The van der Waals surface area contributed by atoms with Crippen LogP contribution < -0.4 is 10.4 Å². The van der Waals surface area contributed by atoms with E-state index in [9.17, 15) is 0 Å². The Morgan fingerprint density at radius 3 is 1.56 bits per heavy atom. The van der Waals surface area contributed by atoms with E-state index in [1.807, 2.05) is 18.0 Å². The highest BCUT2D eigenvalue weighted by Gasteiger charge is 2.37. The number of hydrogen-bond donors (Lipinski definition) is 0. The maximum atomic E-state index is 4.81. The number of fused-ring (bicyclic) bond motifs is 10. The van der Waals surface area contributed by atoms with Gasteiger partial charge in [-0.15, -0.1) is 0 Å². The molecule has 0 spiro atoms. The number of hydrogen-bond acceptors (Lipinski definition) is 2. The number of rotatable bonds is 1. The Kier molecular flexibility index (Phi) is 4.94. The van der Waals surface area contributed by atoms with Crippen molar-refractivity contribution in [2.24, 2.45) is 0 Å². The van der Waals surface area contributed by atoms with Crippen LogP contribution in [0.5, 0.6) is 0 Å². The van der Waals surface area contributed by atoms with E-state index in [-0.39, 0.29) is 0 Å². The molecule has 0 N–H and O–H groups in total. The van der Waals surface area contributed by atoms with Gasteiger partial charge < -0.3 is 4.57 Å². The summed E-state index contributed by atoms with van der Waals surface area (Å²) in [6, 6.07) is 37.7. The van der Waals surface area contributed by atoms with Gasteiger partial charge in [0.05, 0.1) is 5.69 Å². The molecule has 4 heteroatoms. The molecule has 0 atom stereocenters. The molecule has 1 aliphatic heterocycles. The summed E-state index contributed by atoms with van der Waals surface area (Å²) >= 11 is 1.82. The zero-order chi connectivity index (χ0) is 26.1. The van der Waals surface area contributed by atoms with Gasteiger partial charge in [-0.25, -0.2) is 4.98 Å². The lowest BCUT2D eigenvalue weighted by atomic mass is 9.82. The van der Waals surface area contributed by atoms with Crippen LogP contribution in [0, 0.1) is 0 Å². The molecule has 2 aliphatic rings. The molecule has 6 aromatic rings. The Morgan fingerprint density at radius 1 is 0.538 bits per heavy atom. The lowest BCUT2D eigenvalue weighted by Crippen LogP contribution is -2.56. The quantitative estimate of drug-likeness (QED) is 0.198. The van der Waals surface area contributed by atoms with Crippen LogP contribution in [0.25, 0.3) is 50.2 Å².